The molecule has 4 rings (SSSR count). The molecule has 1 N–H and O–H groups in total. The first-order valence-electron chi connectivity index (χ1n) is 10.6. The Balaban J connectivity index is 0.000000237. The fourth-order valence-corrected chi connectivity index (χ4v) is 3.41. The second kappa shape index (κ2) is 11.1. The van der Waals surface area contributed by atoms with Crippen molar-refractivity contribution in [1.82, 2.24) is 9.97 Å². The van der Waals surface area contributed by atoms with Crippen LogP contribution in [0.4, 0.5) is 26.3 Å². The van der Waals surface area contributed by atoms with E-state index in [1.54, 1.807) is 14.0 Å². The third-order valence-corrected chi connectivity index (χ3v) is 5.06. The van der Waals surface area contributed by atoms with E-state index in [4.69, 9.17) is 0 Å². The van der Waals surface area contributed by atoms with Crippen LogP contribution in [0.2, 0.25) is 0 Å². The number of rotatable bonds is 4. The average molecular weight is 486 g/mol. The molecule has 180 valence electrons. The highest BCUT2D eigenvalue weighted by atomic mass is 19.4. The summed E-state index contributed by atoms with van der Waals surface area (Å²) in [6.45, 7) is 0. The molecule has 35 heavy (non-hydrogen) atoms. The maximum Gasteiger partial charge on any atom is 0.416 e. The highest BCUT2D eigenvalue weighted by Crippen LogP contribution is 2.34. The largest absolute Gasteiger partial charge is 0.416 e. The number of nitrogens with zero attached hydrogens (tertiary/aromatic N) is 1. The number of nitrogens with one attached hydrogen (secondary N) is 1. The Morgan fingerprint density at radius 1 is 0.771 bits per heavy atom. The monoisotopic (exact) mass is 486 g/mol. The normalized spacial score (nSPS) is 11.4. The molecule has 0 aliphatic rings. The Hall–Kier alpha value is -3.75. The standard InChI is InChI=1S/C16H11BF6.C10H10N2/c17-9-14(10-3-1-5-12(7-10)15(18,19)20)11-4-2-6-13(8-11)16(21,22)23;1-2-4-9(5-3-1)8-10-11-6-7-12-10/h1-9H,17H2;1-7H,8H2,(H,11,12). The van der Waals surface area contributed by atoms with Crippen molar-refractivity contribution >= 4 is 13.4 Å². The minimum atomic E-state index is -4.51. The molecule has 0 atom stereocenters. The van der Waals surface area contributed by atoms with Gasteiger partial charge in [0.1, 0.15) is 13.7 Å². The van der Waals surface area contributed by atoms with Gasteiger partial charge in [0.25, 0.3) is 0 Å². The van der Waals surface area contributed by atoms with Gasteiger partial charge in [0.15, 0.2) is 0 Å². The summed E-state index contributed by atoms with van der Waals surface area (Å²) in [6, 6.07) is 19.3. The number of hydrogen-bond acceptors (Lipinski definition) is 1. The number of aromatic amines is 1. The molecule has 0 saturated heterocycles. The molecule has 9 heteroatoms. The molecule has 0 radical (unpaired) electrons. The van der Waals surface area contributed by atoms with Crippen LogP contribution in [0.1, 0.15) is 33.6 Å². The Labute approximate surface area is 199 Å². The zero-order valence-electron chi connectivity index (χ0n) is 18.7. The van der Waals surface area contributed by atoms with Gasteiger partial charge in [-0.25, -0.2) is 4.98 Å². The van der Waals surface area contributed by atoms with Crippen LogP contribution in [-0.2, 0) is 18.8 Å². The molecule has 0 unspecified atom stereocenters. The van der Waals surface area contributed by atoms with E-state index in [9.17, 15) is 26.3 Å². The Morgan fingerprint density at radius 2 is 1.31 bits per heavy atom. The van der Waals surface area contributed by atoms with Crippen LogP contribution in [0.3, 0.4) is 0 Å². The van der Waals surface area contributed by atoms with E-state index in [1.807, 2.05) is 24.4 Å². The number of halogens is 6. The molecule has 0 bridgehead atoms. The van der Waals surface area contributed by atoms with Crippen molar-refractivity contribution in [1.29, 1.82) is 0 Å². The fourth-order valence-electron chi connectivity index (χ4n) is 3.41. The van der Waals surface area contributed by atoms with Crippen LogP contribution >= 0.6 is 0 Å². The van der Waals surface area contributed by atoms with Crippen LogP contribution in [-0.4, -0.2) is 17.8 Å². The molecule has 3 aromatic carbocycles. The number of hydrogen-bond donors (Lipinski definition) is 1. The van der Waals surface area contributed by atoms with E-state index in [2.05, 4.69) is 22.1 Å². The van der Waals surface area contributed by atoms with Crippen molar-refractivity contribution in [3.63, 3.8) is 0 Å². The Kier molecular flexibility index (Phi) is 8.22. The van der Waals surface area contributed by atoms with Gasteiger partial charge in [-0.05, 0) is 46.5 Å². The smallest absolute Gasteiger partial charge is 0.348 e. The van der Waals surface area contributed by atoms with Crippen LogP contribution in [0.15, 0.2) is 97.2 Å². The summed E-state index contributed by atoms with van der Waals surface area (Å²) in [5.41, 5.74) is 0.320. The summed E-state index contributed by atoms with van der Waals surface area (Å²) >= 11 is 0. The topological polar surface area (TPSA) is 28.7 Å². The van der Waals surface area contributed by atoms with Crippen molar-refractivity contribution in [3.8, 4) is 0 Å². The highest BCUT2D eigenvalue weighted by Gasteiger charge is 2.32. The van der Waals surface area contributed by atoms with E-state index < -0.39 is 23.5 Å². The second-order valence-corrected chi connectivity index (χ2v) is 7.56. The minimum absolute atomic E-state index is 0.210. The van der Waals surface area contributed by atoms with Crippen molar-refractivity contribution < 1.29 is 26.3 Å². The van der Waals surface area contributed by atoms with E-state index in [0.29, 0.717) is 5.57 Å². The molecule has 0 aliphatic heterocycles. The first kappa shape index (κ1) is 25.9. The van der Waals surface area contributed by atoms with E-state index in [-0.39, 0.29) is 11.1 Å². The van der Waals surface area contributed by atoms with Crippen LogP contribution in [0.25, 0.3) is 5.57 Å². The van der Waals surface area contributed by atoms with E-state index in [1.165, 1.54) is 35.8 Å². The molecular weight excluding hydrogens is 465 g/mol. The first-order chi connectivity index (χ1) is 16.6. The molecule has 2 nitrogen and oxygen atoms in total. The van der Waals surface area contributed by atoms with Gasteiger partial charge in [0.05, 0.1) is 11.1 Å². The molecule has 0 fully saturated rings. The molecule has 1 aromatic heterocycles. The minimum Gasteiger partial charge on any atom is -0.348 e. The lowest BCUT2D eigenvalue weighted by Crippen LogP contribution is -2.06. The van der Waals surface area contributed by atoms with Gasteiger partial charge >= 0.3 is 12.4 Å². The van der Waals surface area contributed by atoms with E-state index >= 15 is 0 Å². The second-order valence-electron chi connectivity index (χ2n) is 7.56. The van der Waals surface area contributed by atoms with Gasteiger partial charge in [0.2, 0.25) is 0 Å². The SMILES string of the molecule is BC=C(c1cccc(C(F)(F)F)c1)c1cccc(C(F)(F)F)c1.c1ccc(Cc2ncc[nH]2)cc1. The highest BCUT2D eigenvalue weighted by molar-refractivity contribution is 6.21. The van der Waals surface area contributed by atoms with Crippen molar-refractivity contribution in [3.05, 3.63) is 131 Å². The van der Waals surface area contributed by atoms with Crippen LogP contribution < -0.4 is 0 Å². The summed E-state index contributed by atoms with van der Waals surface area (Å²) in [5.74, 6) is 2.51. The first-order valence-corrected chi connectivity index (χ1v) is 10.6. The Bertz CT molecular complexity index is 1190. The third-order valence-electron chi connectivity index (χ3n) is 5.06. The zero-order chi connectivity index (χ0) is 25.5. The number of aromatic nitrogens is 2. The maximum absolute atomic E-state index is 12.8. The van der Waals surface area contributed by atoms with Crippen molar-refractivity contribution in [2.24, 2.45) is 0 Å². The molecule has 0 aliphatic carbocycles. The predicted molar refractivity (Wildman–Crippen MR) is 126 cm³/mol. The van der Waals surface area contributed by atoms with Crippen LogP contribution in [0, 0.1) is 0 Å². The molecule has 1 heterocycles. The molecule has 0 saturated carbocycles. The maximum atomic E-state index is 12.8. The molecule has 4 aromatic rings. The number of alkyl halides is 6. The predicted octanol–water partition coefficient (Wildman–Crippen LogP) is 6.75. The lowest BCUT2D eigenvalue weighted by molar-refractivity contribution is -0.138. The summed E-state index contributed by atoms with van der Waals surface area (Å²) in [7, 11) is 1.57. The average Bonchev–Trinajstić information content (AvgIpc) is 3.33. The number of benzene rings is 3. The van der Waals surface area contributed by atoms with Crippen molar-refractivity contribution in [2.75, 3.05) is 0 Å². The van der Waals surface area contributed by atoms with Crippen LogP contribution in [0.5, 0.6) is 0 Å². The van der Waals surface area contributed by atoms with Gasteiger partial charge < -0.3 is 4.98 Å². The lowest BCUT2D eigenvalue weighted by Gasteiger charge is -2.14. The number of imidazole rings is 1. The summed E-state index contributed by atoms with van der Waals surface area (Å²) < 4.78 is 76.7. The molecular formula is C26H21BF6N2. The molecule has 0 amide bonds. The fraction of sp³-hybridized carbons (Fsp3) is 0.115. The zero-order valence-corrected chi connectivity index (χ0v) is 18.7. The van der Waals surface area contributed by atoms with Gasteiger partial charge in [-0.15, -0.1) is 5.98 Å². The third kappa shape index (κ3) is 7.37. The number of H-pyrrole nitrogens is 1. The quantitative estimate of drug-likeness (QED) is 0.251. The van der Waals surface area contributed by atoms with Gasteiger partial charge in [-0.2, -0.15) is 26.3 Å². The summed E-state index contributed by atoms with van der Waals surface area (Å²) in [5, 5.41) is 0. The summed E-state index contributed by atoms with van der Waals surface area (Å²) in [6.07, 6.45) is -4.52. The van der Waals surface area contributed by atoms with E-state index in [0.717, 1.165) is 36.5 Å². The van der Waals surface area contributed by atoms with Crippen molar-refractivity contribution in [2.45, 2.75) is 18.8 Å². The van der Waals surface area contributed by atoms with Gasteiger partial charge in [-0.3, -0.25) is 0 Å². The lowest BCUT2D eigenvalue weighted by atomic mass is 9.90. The van der Waals surface area contributed by atoms with Gasteiger partial charge in [0, 0.05) is 18.8 Å². The van der Waals surface area contributed by atoms with Gasteiger partial charge in [-0.1, -0.05) is 54.6 Å². The summed E-state index contributed by atoms with van der Waals surface area (Å²) in [4.78, 5) is 7.23. The Morgan fingerprint density at radius 3 is 1.74 bits per heavy atom. The molecule has 0 spiro atoms.